The van der Waals surface area contributed by atoms with Crippen molar-refractivity contribution in [3.63, 3.8) is 0 Å². The summed E-state index contributed by atoms with van der Waals surface area (Å²) >= 11 is 0. The lowest BCUT2D eigenvalue weighted by molar-refractivity contribution is 1.18. The molecule has 6 aromatic rings. The summed E-state index contributed by atoms with van der Waals surface area (Å²) in [7, 11) is 0. The quantitative estimate of drug-likeness (QED) is 0.278. The molecule has 3 nitrogen and oxygen atoms in total. The first-order valence-electron chi connectivity index (χ1n) is 11.4. The van der Waals surface area contributed by atoms with Crippen LogP contribution >= 0.6 is 0 Å². The topological polar surface area (TPSA) is 52.5 Å². The number of rotatable bonds is 3. The maximum Gasteiger partial charge on any atom is 0.0998 e. The molecule has 5 aromatic carbocycles. The Kier molecular flexibility index (Phi) is 4.88. The first-order valence-corrected chi connectivity index (χ1v) is 11.4. The van der Waals surface area contributed by atoms with Crippen molar-refractivity contribution in [2.45, 2.75) is 0 Å². The highest BCUT2D eigenvalue weighted by Gasteiger charge is 2.21. The number of hydrogen-bond acceptors (Lipinski definition) is 2. The predicted molar refractivity (Wildman–Crippen MR) is 141 cm³/mol. The highest BCUT2D eigenvalue weighted by atomic mass is 15.0. The van der Waals surface area contributed by atoms with Gasteiger partial charge in [-0.05, 0) is 59.2 Å². The van der Waals surface area contributed by atoms with E-state index in [2.05, 4.69) is 65.2 Å². The summed E-state index contributed by atoms with van der Waals surface area (Å²) in [5.41, 5.74) is 7.83. The molecular formula is C32H19N3. The maximum atomic E-state index is 9.99. The van der Waals surface area contributed by atoms with E-state index in [1.54, 1.807) is 18.2 Å². The predicted octanol–water partition coefficient (Wildman–Crippen LogP) is 7.86. The molecule has 162 valence electrons. The molecule has 35 heavy (non-hydrogen) atoms. The Labute approximate surface area is 203 Å². The van der Waals surface area contributed by atoms with Crippen molar-refractivity contribution < 1.29 is 0 Å². The molecule has 0 saturated carbocycles. The Morgan fingerprint density at radius 1 is 0.543 bits per heavy atom. The van der Waals surface area contributed by atoms with Crippen molar-refractivity contribution in [2.75, 3.05) is 0 Å². The van der Waals surface area contributed by atoms with Crippen molar-refractivity contribution in [1.29, 1.82) is 10.5 Å². The molecule has 0 aliphatic carbocycles. The standard InChI is InChI=1S/C32H19N3/c33-20-23-12-9-13-24(21-34)31(23)28-18-25(22-10-3-1-4-11-22)19-30-32(28)27-16-7-8-17-29(27)35(30)26-14-5-2-6-15-26/h1-19H. The number of hydrogen-bond donors (Lipinski definition) is 0. The Morgan fingerprint density at radius 2 is 1.17 bits per heavy atom. The van der Waals surface area contributed by atoms with Gasteiger partial charge in [-0.3, -0.25) is 0 Å². The maximum absolute atomic E-state index is 9.99. The second kappa shape index (κ2) is 8.34. The third-order valence-corrected chi connectivity index (χ3v) is 6.47. The summed E-state index contributed by atoms with van der Waals surface area (Å²) < 4.78 is 2.27. The van der Waals surface area contributed by atoms with E-state index in [1.807, 2.05) is 48.5 Å². The summed E-state index contributed by atoms with van der Waals surface area (Å²) in [6.45, 7) is 0. The van der Waals surface area contributed by atoms with E-state index in [4.69, 9.17) is 0 Å². The van der Waals surface area contributed by atoms with Crippen LogP contribution in [0, 0.1) is 22.7 Å². The van der Waals surface area contributed by atoms with Gasteiger partial charge in [0.05, 0.1) is 34.3 Å². The molecular weight excluding hydrogens is 426 g/mol. The van der Waals surface area contributed by atoms with Crippen LogP contribution < -0.4 is 0 Å². The summed E-state index contributed by atoms with van der Waals surface area (Å²) in [6.07, 6.45) is 0. The largest absolute Gasteiger partial charge is 0.309 e. The van der Waals surface area contributed by atoms with E-state index in [0.717, 1.165) is 44.2 Å². The first-order chi connectivity index (χ1) is 17.3. The van der Waals surface area contributed by atoms with Crippen LogP contribution in [0.15, 0.2) is 115 Å². The average molecular weight is 446 g/mol. The summed E-state index contributed by atoms with van der Waals surface area (Å²) in [5.74, 6) is 0. The molecule has 0 aliphatic rings. The van der Waals surface area contributed by atoms with Crippen LogP contribution in [-0.2, 0) is 0 Å². The Morgan fingerprint density at radius 3 is 1.86 bits per heavy atom. The molecule has 0 aliphatic heterocycles. The highest BCUT2D eigenvalue weighted by Crippen LogP contribution is 2.43. The summed E-state index contributed by atoms with van der Waals surface area (Å²) in [4.78, 5) is 0. The van der Waals surface area contributed by atoms with Gasteiger partial charge < -0.3 is 4.57 Å². The fraction of sp³-hybridized carbons (Fsp3) is 0. The first kappa shape index (κ1) is 20.5. The van der Waals surface area contributed by atoms with Crippen LogP contribution in [0.3, 0.4) is 0 Å². The van der Waals surface area contributed by atoms with Crippen molar-refractivity contribution in [3.8, 4) is 40.1 Å². The number of nitrogens with zero attached hydrogens (tertiary/aromatic N) is 3. The smallest absolute Gasteiger partial charge is 0.0998 e. The van der Waals surface area contributed by atoms with Crippen LogP contribution in [0.5, 0.6) is 0 Å². The fourth-order valence-electron chi connectivity index (χ4n) is 4.97. The Balaban J connectivity index is 1.86. The van der Waals surface area contributed by atoms with Gasteiger partial charge in [-0.1, -0.05) is 72.8 Å². The molecule has 0 N–H and O–H groups in total. The van der Waals surface area contributed by atoms with Crippen LogP contribution in [-0.4, -0.2) is 4.57 Å². The monoisotopic (exact) mass is 445 g/mol. The fourth-order valence-corrected chi connectivity index (χ4v) is 4.97. The van der Waals surface area contributed by atoms with Crippen LogP contribution in [0.2, 0.25) is 0 Å². The summed E-state index contributed by atoms with van der Waals surface area (Å²) in [6, 6.07) is 43.1. The van der Waals surface area contributed by atoms with E-state index >= 15 is 0 Å². The van der Waals surface area contributed by atoms with E-state index < -0.39 is 0 Å². The average Bonchev–Trinajstić information content (AvgIpc) is 3.27. The normalized spacial score (nSPS) is 10.8. The van der Waals surface area contributed by atoms with Gasteiger partial charge in [0, 0.05) is 22.0 Å². The van der Waals surface area contributed by atoms with Gasteiger partial charge in [-0.15, -0.1) is 0 Å². The number of fused-ring (bicyclic) bond motifs is 3. The van der Waals surface area contributed by atoms with Gasteiger partial charge in [0.15, 0.2) is 0 Å². The van der Waals surface area contributed by atoms with E-state index in [0.29, 0.717) is 16.7 Å². The molecule has 0 unspecified atom stereocenters. The van der Waals surface area contributed by atoms with Crippen molar-refractivity contribution in [2.24, 2.45) is 0 Å². The van der Waals surface area contributed by atoms with Crippen molar-refractivity contribution in [1.82, 2.24) is 4.57 Å². The third-order valence-electron chi connectivity index (χ3n) is 6.47. The minimum absolute atomic E-state index is 0.493. The minimum Gasteiger partial charge on any atom is -0.309 e. The number of para-hydroxylation sites is 2. The molecule has 1 aromatic heterocycles. The zero-order valence-corrected chi connectivity index (χ0v) is 18.8. The third kappa shape index (κ3) is 3.27. The number of benzene rings is 5. The van der Waals surface area contributed by atoms with Crippen LogP contribution in [0.25, 0.3) is 49.7 Å². The van der Waals surface area contributed by atoms with Gasteiger partial charge in [0.2, 0.25) is 0 Å². The van der Waals surface area contributed by atoms with Gasteiger partial charge in [0.1, 0.15) is 0 Å². The lowest BCUT2D eigenvalue weighted by Crippen LogP contribution is -1.95. The Bertz CT molecular complexity index is 1770. The lowest BCUT2D eigenvalue weighted by atomic mass is 9.89. The SMILES string of the molecule is N#Cc1cccc(C#N)c1-c1cc(-c2ccccc2)cc2c1c1ccccc1n2-c1ccccc1. The minimum atomic E-state index is 0.493. The zero-order valence-electron chi connectivity index (χ0n) is 18.8. The van der Waals surface area contributed by atoms with E-state index in [9.17, 15) is 10.5 Å². The Hall–Kier alpha value is -5.12. The zero-order chi connectivity index (χ0) is 23.8. The van der Waals surface area contributed by atoms with Gasteiger partial charge >= 0.3 is 0 Å². The van der Waals surface area contributed by atoms with Gasteiger partial charge in [-0.25, -0.2) is 0 Å². The number of aromatic nitrogens is 1. The molecule has 0 bridgehead atoms. The molecule has 0 saturated heterocycles. The van der Waals surface area contributed by atoms with Crippen LogP contribution in [0.4, 0.5) is 0 Å². The number of nitriles is 2. The molecule has 0 atom stereocenters. The molecule has 0 radical (unpaired) electrons. The molecule has 6 rings (SSSR count). The van der Waals surface area contributed by atoms with Crippen LogP contribution in [0.1, 0.15) is 11.1 Å². The second-order valence-corrected chi connectivity index (χ2v) is 8.42. The van der Waals surface area contributed by atoms with Crippen molar-refractivity contribution >= 4 is 21.8 Å². The highest BCUT2D eigenvalue weighted by molar-refractivity contribution is 6.17. The molecule has 0 fully saturated rings. The molecule has 3 heteroatoms. The van der Waals surface area contributed by atoms with Gasteiger partial charge in [-0.2, -0.15) is 10.5 Å². The second-order valence-electron chi connectivity index (χ2n) is 8.42. The van der Waals surface area contributed by atoms with E-state index in [-0.39, 0.29) is 0 Å². The molecule has 0 spiro atoms. The molecule has 0 amide bonds. The van der Waals surface area contributed by atoms with Gasteiger partial charge in [0.25, 0.3) is 0 Å². The lowest BCUT2D eigenvalue weighted by Gasteiger charge is -2.14. The summed E-state index contributed by atoms with van der Waals surface area (Å²) in [5, 5.41) is 22.1. The van der Waals surface area contributed by atoms with E-state index in [1.165, 1.54) is 0 Å². The van der Waals surface area contributed by atoms with Crippen molar-refractivity contribution in [3.05, 3.63) is 126 Å². The molecule has 1 heterocycles.